The van der Waals surface area contributed by atoms with Gasteiger partial charge in [0.1, 0.15) is 5.82 Å². The molecule has 5 heteroatoms. The quantitative estimate of drug-likeness (QED) is 0.654. The first-order valence-corrected chi connectivity index (χ1v) is 2.98. The highest BCUT2D eigenvalue weighted by molar-refractivity contribution is 5.34. The molecule has 0 saturated heterocycles. The molecule has 60 valence electrons. The van der Waals surface area contributed by atoms with E-state index in [4.69, 9.17) is 15.2 Å². The molecule has 0 aromatic carbocycles. The summed E-state index contributed by atoms with van der Waals surface area (Å²) in [6.45, 7) is 0. The SMILES string of the molecule is COc1ncc(N)nc1OC. The van der Waals surface area contributed by atoms with Crippen molar-refractivity contribution in [3.8, 4) is 11.8 Å². The highest BCUT2D eigenvalue weighted by Gasteiger charge is 2.05. The normalized spacial score (nSPS) is 9.27. The predicted molar refractivity (Wildman–Crippen MR) is 39.5 cm³/mol. The molecule has 0 radical (unpaired) electrons. The summed E-state index contributed by atoms with van der Waals surface area (Å²) in [6, 6.07) is 0. The first kappa shape index (κ1) is 7.59. The first-order valence-electron chi connectivity index (χ1n) is 2.98. The summed E-state index contributed by atoms with van der Waals surface area (Å²) in [5, 5.41) is 0. The third-order valence-corrected chi connectivity index (χ3v) is 1.11. The number of rotatable bonds is 2. The van der Waals surface area contributed by atoms with Crippen molar-refractivity contribution in [3.63, 3.8) is 0 Å². The Bertz CT molecular complexity index is 252. The molecule has 0 bridgehead atoms. The summed E-state index contributed by atoms with van der Waals surface area (Å²) in [7, 11) is 2.97. The molecule has 1 aromatic rings. The molecule has 0 saturated carbocycles. The number of nitrogen functional groups attached to an aromatic ring is 1. The number of methoxy groups -OCH3 is 2. The zero-order valence-corrected chi connectivity index (χ0v) is 6.37. The van der Waals surface area contributed by atoms with E-state index < -0.39 is 0 Å². The van der Waals surface area contributed by atoms with Crippen molar-refractivity contribution in [1.82, 2.24) is 9.97 Å². The van der Waals surface area contributed by atoms with Crippen LogP contribution in [0, 0.1) is 0 Å². The second-order valence-corrected chi connectivity index (χ2v) is 1.81. The van der Waals surface area contributed by atoms with Crippen molar-refractivity contribution in [2.45, 2.75) is 0 Å². The number of nitrogens with two attached hydrogens (primary N) is 1. The molecule has 0 aliphatic rings. The molecule has 2 N–H and O–H groups in total. The van der Waals surface area contributed by atoms with Gasteiger partial charge in [0.15, 0.2) is 0 Å². The lowest BCUT2D eigenvalue weighted by Gasteiger charge is -2.03. The first-order chi connectivity index (χ1) is 5.27. The number of anilines is 1. The average Bonchev–Trinajstić information content (AvgIpc) is 2.04. The van der Waals surface area contributed by atoms with Gasteiger partial charge in [-0.05, 0) is 0 Å². The highest BCUT2D eigenvalue weighted by atomic mass is 16.5. The van der Waals surface area contributed by atoms with Crippen LogP contribution in [0.5, 0.6) is 11.8 Å². The Morgan fingerprint density at radius 2 is 1.91 bits per heavy atom. The lowest BCUT2D eigenvalue weighted by molar-refractivity contribution is 0.332. The molecular formula is C6H9N3O2. The molecule has 1 rings (SSSR count). The van der Waals surface area contributed by atoms with E-state index in [1.165, 1.54) is 20.4 Å². The van der Waals surface area contributed by atoms with Gasteiger partial charge in [-0.15, -0.1) is 0 Å². The van der Waals surface area contributed by atoms with Crippen molar-refractivity contribution in [2.75, 3.05) is 20.0 Å². The fourth-order valence-corrected chi connectivity index (χ4v) is 0.647. The smallest absolute Gasteiger partial charge is 0.279 e. The molecule has 0 fully saturated rings. The van der Waals surface area contributed by atoms with E-state index >= 15 is 0 Å². The lowest BCUT2D eigenvalue weighted by Crippen LogP contribution is -1.99. The molecule has 0 spiro atoms. The van der Waals surface area contributed by atoms with Gasteiger partial charge in [0, 0.05) is 0 Å². The maximum Gasteiger partial charge on any atom is 0.279 e. The number of hydrogen-bond acceptors (Lipinski definition) is 5. The summed E-state index contributed by atoms with van der Waals surface area (Å²) in [6.07, 6.45) is 1.40. The Labute approximate surface area is 64.2 Å². The van der Waals surface area contributed by atoms with Gasteiger partial charge in [0.05, 0.1) is 20.4 Å². The largest absolute Gasteiger partial charge is 0.477 e. The minimum absolute atomic E-state index is 0.299. The Hall–Kier alpha value is -1.52. The van der Waals surface area contributed by atoms with Gasteiger partial charge in [-0.1, -0.05) is 0 Å². The van der Waals surface area contributed by atoms with E-state index in [9.17, 15) is 0 Å². The third kappa shape index (κ3) is 1.49. The van der Waals surface area contributed by atoms with Crippen molar-refractivity contribution in [3.05, 3.63) is 6.20 Å². The van der Waals surface area contributed by atoms with Gasteiger partial charge in [-0.2, -0.15) is 4.98 Å². The van der Waals surface area contributed by atoms with Crippen molar-refractivity contribution in [2.24, 2.45) is 0 Å². The Balaban J connectivity index is 3.06. The molecule has 11 heavy (non-hydrogen) atoms. The Morgan fingerprint density at radius 3 is 2.45 bits per heavy atom. The summed E-state index contributed by atoms with van der Waals surface area (Å²) < 4.78 is 9.68. The third-order valence-electron chi connectivity index (χ3n) is 1.11. The van der Waals surface area contributed by atoms with Gasteiger partial charge in [0.2, 0.25) is 0 Å². The maximum absolute atomic E-state index is 5.35. The van der Waals surface area contributed by atoms with E-state index in [2.05, 4.69) is 9.97 Å². The molecule has 0 amide bonds. The van der Waals surface area contributed by atoms with Crippen LogP contribution >= 0.6 is 0 Å². The Kier molecular flexibility index (Phi) is 2.10. The monoisotopic (exact) mass is 155 g/mol. The summed E-state index contributed by atoms with van der Waals surface area (Å²) in [5.74, 6) is 0.942. The highest BCUT2D eigenvalue weighted by Crippen LogP contribution is 2.20. The second kappa shape index (κ2) is 3.05. The van der Waals surface area contributed by atoms with Crippen LogP contribution in [0.1, 0.15) is 0 Å². The van der Waals surface area contributed by atoms with E-state index in [0.29, 0.717) is 17.6 Å². The zero-order valence-electron chi connectivity index (χ0n) is 6.37. The molecule has 1 aromatic heterocycles. The van der Waals surface area contributed by atoms with Crippen LogP contribution in [-0.4, -0.2) is 24.2 Å². The fraction of sp³-hybridized carbons (Fsp3) is 0.333. The molecule has 1 heterocycles. The minimum Gasteiger partial charge on any atom is -0.477 e. The van der Waals surface area contributed by atoms with E-state index in [-0.39, 0.29) is 0 Å². The van der Waals surface area contributed by atoms with Gasteiger partial charge in [-0.3, -0.25) is 0 Å². The fourth-order valence-electron chi connectivity index (χ4n) is 0.647. The van der Waals surface area contributed by atoms with Crippen LogP contribution in [-0.2, 0) is 0 Å². The molecule has 0 aliphatic carbocycles. The van der Waals surface area contributed by atoms with Gasteiger partial charge >= 0.3 is 0 Å². The van der Waals surface area contributed by atoms with Crippen LogP contribution in [0.2, 0.25) is 0 Å². The molecule has 5 nitrogen and oxygen atoms in total. The molecule has 0 unspecified atom stereocenters. The summed E-state index contributed by atoms with van der Waals surface area (Å²) in [4.78, 5) is 7.66. The van der Waals surface area contributed by atoms with E-state index in [0.717, 1.165) is 0 Å². The molecule has 0 aliphatic heterocycles. The number of hydrogen-bond donors (Lipinski definition) is 1. The second-order valence-electron chi connectivity index (χ2n) is 1.81. The van der Waals surface area contributed by atoms with Gasteiger partial charge in [-0.25, -0.2) is 4.98 Å². The Morgan fingerprint density at radius 1 is 1.27 bits per heavy atom. The van der Waals surface area contributed by atoms with Crippen LogP contribution < -0.4 is 15.2 Å². The average molecular weight is 155 g/mol. The van der Waals surface area contributed by atoms with Crippen molar-refractivity contribution < 1.29 is 9.47 Å². The van der Waals surface area contributed by atoms with Crippen LogP contribution in [0.15, 0.2) is 6.20 Å². The topological polar surface area (TPSA) is 70.3 Å². The zero-order chi connectivity index (χ0) is 8.27. The van der Waals surface area contributed by atoms with E-state index in [1.807, 2.05) is 0 Å². The van der Waals surface area contributed by atoms with Crippen LogP contribution in [0.4, 0.5) is 5.82 Å². The number of aromatic nitrogens is 2. The lowest BCUT2D eigenvalue weighted by atomic mass is 10.6. The predicted octanol–water partition coefficient (Wildman–Crippen LogP) is 0.0760. The standard InChI is InChI=1S/C6H9N3O2/c1-10-5-6(11-2)9-4(7)3-8-5/h3H,1-2H3,(H2,7,9). The van der Waals surface area contributed by atoms with Crippen LogP contribution in [0.3, 0.4) is 0 Å². The number of nitrogens with zero attached hydrogens (tertiary/aromatic N) is 2. The van der Waals surface area contributed by atoms with Crippen molar-refractivity contribution >= 4 is 5.82 Å². The summed E-state index contributed by atoms with van der Waals surface area (Å²) >= 11 is 0. The molecular weight excluding hydrogens is 146 g/mol. The molecule has 0 atom stereocenters. The summed E-state index contributed by atoms with van der Waals surface area (Å²) in [5.41, 5.74) is 5.35. The van der Waals surface area contributed by atoms with Crippen molar-refractivity contribution in [1.29, 1.82) is 0 Å². The minimum atomic E-state index is 0.299. The van der Waals surface area contributed by atoms with E-state index in [1.54, 1.807) is 0 Å². The van der Waals surface area contributed by atoms with Crippen LogP contribution in [0.25, 0.3) is 0 Å². The maximum atomic E-state index is 5.35. The van der Waals surface area contributed by atoms with Gasteiger partial charge in [0.25, 0.3) is 11.8 Å². The van der Waals surface area contributed by atoms with Gasteiger partial charge < -0.3 is 15.2 Å². The number of ether oxygens (including phenoxy) is 2.